The van der Waals surface area contributed by atoms with E-state index in [4.69, 9.17) is 0 Å². The van der Waals surface area contributed by atoms with Crippen molar-refractivity contribution in [2.45, 2.75) is 0 Å². The van der Waals surface area contributed by atoms with E-state index in [1.54, 1.807) is 0 Å². The maximum atomic E-state index is 13.5. The second-order valence-electron chi connectivity index (χ2n) is 3.88. The van der Waals surface area contributed by atoms with E-state index in [2.05, 4.69) is 25.2 Å². The van der Waals surface area contributed by atoms with E-state index in [-0.39, 0.29) is 16.9 Å². The molecule has 3 rings (SSSR count). The maximum Gasteiger partial charge on any atom is 0.273 e. The van der Waals surface area contributed by atoms with Crippen LogP contribution in [0.4, 0.5) is 24.5 Å². The van der Waals surface area contributed by atoms with Gasteiger partial charge in [-0.2, -0.15) is 0 Å². The van der Waals surface area contributed by atoms with Crippen molar-refractivity contribution in [1.29, 1.82) is 0 Å². The van der Waals surface area contributed by atoms with Gasteiger partial charge in [-0.15, -0.1) is 0 Å². The normalized spacial score (nSPS) is 10.9. The summed E-state index contributed by atoms with van der Waals surface area (Å²) in [7, 11) is 0. The number of nitrogens with zero attached hydrogens (tertiary/aromatic N) is 2. The number of anilines is 2. The fraction of sp³-hybridized carbons (Fsp3) is 0. The van der Waals surface area contributed by atoms with E-state index in [1.807, 2.05) is 0 Å². The number of fused-ring (bicyclic) bond motifs is 1. The Labute approximate surface area is 108 Å². The third-order valence-corrected chi connectivity index (χ3v) is 2.54. The van der Waals surface area contributed by atoms with E-state index in [9.17, 15) is 18.0 Å². The predicted octanol–water partition coefficient (Wildman–Crippen LogP) is 2.07. The van der Waals surface area contributed by atoms with Gasteiger partial charge in [0, 0.05) is 18.2 Å². The number of halogens is 3. The SMILES string of the molecule is O=c1[nH]c2nonc2cc1Nc1c(F)cc(F)cc1F. The van der Waals surface area contributed by atoms with Gasteiger partial charge >= 0.3 is 0 Å². The lowest BCUT2D eigenvalue weighted by atomic mass is 10.2. The quantitative estimate of drug-likeness (QED) is 0.751. The van der Waals surface area contributed by atoms with Crippen molar-refractivity contribution in [1.82, 2.24) is 15.3 Å². The predicted molar refractivity (Wildman–Crippen MR) is 62.0 cm³/mol. The molecule has 0 saturated heterocycles. The van der Waals surface area contributed by atoms with Crippen LogP contribution in [-0.4, -0.2) is 15.3 Å². The molecule has 6 nitrogen and oxygen atoms in total. The Hall–Kier alpha value is -2.84. The lowest BCUT2D eigenvalue weighted by Crippen LogP contribution is -2.12. The number of rotatable bonds is 2. The number of hydrogen-bond acceptors (Lipinski definition) is 5. The third kappa shape index (κ3) is 1.98. The summed E-state index contributed by atoms with van der Waals surface area (Å²) in [4.78, 5) is 14.0. The summed E-state index contributed by atoms with van der Waals surface area (Å²) < 4.78 is 44.1. The largest absolute Gasteiger partial charge is 0.346 e. The van der Waals surface area contributed by atoms with Crippen molar-refractivity contribution in [2.75, 3.05) is 5.32 Å². The van der Waals surface area contributed by atoms with Crippen LogP contribution in [0.15, 0.2) is 27.6 Å². The zero-order valence-corrected chi connectivity index (χ0v) is 9.58. The molecule has 2 heterocycles. The highest BCUT2D eigenvalue weighted by Gasteiger charge is 2.14. The summed E-state index contributed by atoms with van der Waals surface area (Å²) in [6.07, 6.45) is 0. The van der Waals surface area contributed by atoms with Crippen LogP contribution in [0.25, 0.3) is 11.2 Å². The van der Waals surface area contributed by atoms with Crippen LogP contribution in [0.5, 0.6) is 0 Å². The summed E-state index contributed by atoms with van der Waals surface area (Å²) >= 11 is 0. The van der Waals surface area contributed by atoms with Gasteiger partial charge in [0.15, 0.2) is 17.2 Å². The second-order valence-corrected chi connectivity index (χ2v) is 3.88. The van der Waals surface area contributed by atoms with Crippen LogP contribution in [-0.2, 0) is 0 Å². The summed E-state index contributed by atoms with van der Waals surface area (Å²) in [5.41, 5.74) is -1.22. The topological polar surface area (TPSA) is 83.8 Å². The molecule has 1 aromatic carbocycles. The third-order valence-electron chi connectivity index (χ3n) is 2.54. The number of benzene rings is 1. The minimum absolute atomic E-state index is 0.0978. The van der Waals surface area contributed by atoms with Crippen molar-refractivity contribution >= 4 is 22.5 Å². The van der Waals surface area contributed by atoms with Gasteiger partial charge in [0.25, 0.3) is 5.56 Å². The smallest absolute Gasteiger partial charge is 0.273 e. The second kappa shape index (κ2) is 4.37. The van der Waals surface area contributed by atoms with Gasteiger partial charge in [0.1, 0.15) is 17.2 Å². The van der Waals surface area contributed by atoms with Crippen LogP contribution < -0.4 is 10.9 Å². The molecule has 0 bridgehead atoms. The van der Waals surface area contributed by atoms with E-state index in [1.165, 1.54) is 6.07 Å². The molecule has 0 aliphatic carbocycles. The van der Waals surface area contributed by atoms with Gasteiger partial charge in [-0.1, -0.05) is 0 Å². The van der Waals surface area contributed by atoms with Crippen molar-refractivity contribution in [3.05, 3.63) is 46.0 Å². The molecule has 0 radical (unpaired) electrons. The maximum absolute atomic E-state index is 13.5. The molecule has 2 aromatic heterocycles. The Morgan fingerprint density at radius 3 is 2.50 bits per heavy atom. The highest BCUT2D eigenvalue weighted by Crippen LogP contribution is 2.23. The molecular formula is C11H5F3N4O2. The molecule has 20 heavy (non-hydrogen) atoms. The fourth-order valence-corrected chi connectivity index (χ4v) is 1.64. The molecular weight excluding hydrogens is 277 g/mol. The number of H-pyrrole nitrogens is 1. The molecule has 102 valence electrons. The summed E-state index contributed by atoms with van der Waals surface area (Å²) in [5.74, 6) is -3.39. The molecule has 2 N–H and O–H groups in total. The molecule has 0 atom stereocenters. The first-order valence-electron chi connectivity index (χ1n) is 5.32. The lowest BCUT2D eigenvalue weighted by Gasteiger charge is -2.07. The molecule has 0 saturated carbocycles. The average Bonchev–Trinajstić information content (AvgIpc) is 2.80. The van der Waals surface area contributed by atoms with Gasteiger partial charge in [0.2, 0.25) is 5.65 Å². The Bertz CT molecular complexity index is 835. The average molecular weight is 282 g/mol. The van der Waals surface area contributed by atoms with Crippen molar-refractivity contribution < 1.29 is 17.8 Å². The monoisotopic (exact) mass is 282 g/mol. The first-order valence-corrected chi connectivity index (χ1v) is 5.32. The molecule has 0 amide bonds. The van der Waals surface area contributed by atoms with Crippen LogP contribution >= 0.6 is 0 Å². The molecule has 0 aliphatic rings. The van der Waals surface area contributed by atoms with Gasteiger partial charge in [-0.05, 0) is 10.3 Å². The van der Waals surface area contributed by atoms with Crippen LogP contribution in [0, 0.1) is 17.5 Å². The van der Waals surface area contributed by atoms with Crippen molar-refractivity contribution in [2.24, 2.45) is 0 Å². The minimum Gasteiger partial charge on any atom is -0.346 e. The molecule has 0 aliphatic heterocycles. The summed E-state index contributed by atoms with van der Waals surface area (Å²) in [6.45, 7) is 0. The number of hydrogen-bond donors (Lipinski definition) is 2. The van der Waals surface area contributed by atoms with E-state index < -0.39 is 28.7 Å². The molecule has 0 spiro atoms. The Kier molecular flexibility index (Phi) is 2.67. The zero-order chi connectivity index (χ0) is 14.3. The zero-order valence-electron chi connectivity index (χ0n) is 9.58. The fourth-order valence-electron chi connectivity index (χ4n) is 1.64. The van der Waals surface area contributed by atoms with Gasteiger partial charge < -0.3 is 10.3 Å². The Balaban J connectivity index is 2.09. The first kappa shape index (κ1) is 12.2. The Morgan fingerprint density at radius 2 is 1.80 bits per heavy atom. The molecule has 9 heteroatoms. The number of pyridine rings is 1. The number of aromatic amines is 1. The van der Waals surface area contributed by atoms with Crippen LogP contribution in [0.2, 0.25) is 0 Å². The molecule has 3 aromatic rings. The highest BCUT2D eigenvalue weighted by atomic mass is 19.1. The van der Waals surface area contributed by atoms with Gasteiger partial charge in [0.05, 0.1) is 0 Å². The molecule has 0 fully saturated rings. The highest BCUT2D eigenvalue weighted by molar-refractivity contribution is 5.74. The van der Waals surface area contributed by atoms with Gasteiger partial charge in [-0.25, -0.2) is 17.8 Å². The number of aromatic nitrogens is 3. The van der Waals surface area contributed by atoms with Crippen molar-refractivity contribution in [3.8, 4) is 0 Å². The first-order chi connectivity index (χ1) is 9.54. The minimum atomic E-state index is -1.17. The Morgan fingerprint density at radius 1 is 1.10 bits per heavy atom. The number of nitrogens with one attached hydrogen (secondary N) is 2. The summed E-state index contributed by atoms with van der Waals surface area (Å²) in [5, 5.41) is 9.13. The van der Waals surface area contributed by atoms with E-state index in [0.717, 1.165) is 0 Å². The van der Waals surface area contributed by atoms with Crippen LogP contribution in [0.3, 0.4) is 0 Å². The van der Waals surface area contributed by atoms with E-state index in [0.29, 0.717) is 12.1 Å². The van der Waals surface area contributed by atoms with Crippen LogP contribution in [0.1, 0.15) is 0 Å². The van der Waals surface area contributed by atoms with Gasteiger partial charge in [-0.3, -0.25) is 4.79 Å². The summed E-state index contributed by atoms with van der Waals surface area (Å²) in [6, 6.07) is 2.19. The lowest BCUT2D eigenvalue weighted by molar-refractivity contribution is 0.314. The van der Waals surface area contributed by atoms with Crippen molar-refractivity contribution in [3.63, 3.8) is 0 Å². The standard InChI is InChI=1S/C11H5F3N4O2/c12-4-1-5(13)9(6(14)2-4)15-8-3-7-10(16-11(8)19)18-20-17-7/h1-3,15H,(H,16,18,19). The van der Waals surface area contributed by atoms with E-state index >= 15 is 0 Å². The molecule has 0 unspecified atom stereocenters.